The zero-order valence-electron chi connectivity index (χ0n) is 11.3. The van der Waals surface area contributed by atoms with Crippen molar-refractivity contribution < 1.29 is 8.42 Å². The molecule has 2 aromatic heterocycles. The Labute approximate surface area is 121 Å². The maximum absolute atomic E-state index is 12.4. The number of rotatable bonds is 3. The lowest BCUT2D eigenvalue weighted by Gasteiger charge is -2.22. The van der Waals surface area contributed by atoms with Gasteiger partial charge in [-0.3, -0.25) is 0 Å². The van der Waals surface area contributed by atoms with Crippen LogP contribution >= 0.6 is 11.3 Å². The average molecular weight is 312 g/mol. The van der Waals surface area contributed by atoms with Crippen LogP contribution < -0.4 is 4.72 Å². The monoisotopic (exact) mass is 312 g/mol. The van der Waals surface area contributed by atoms with Gasteiger partial charge >= 0.3 is 0 Å². The Morgan fingerprint density at radius 3 is 2.95 bits per heavy atom. The molecule has 108 valence electrons. The molecule has 1 aliphatic heterocycles. The van der Waals surface area contributed by atoms with Crippen LogP contribution in [0.25, 0.3) is 0 Å². The molecule has 8 heteroatoms. The molecule has 0 aromatic carbocycles. The molecule has 0 bridgehead atoms. The van der Waals surface area contributed by atoms with E-state index < -0.39 is 10.0 Å². The number of fused-ring (bicyclic) bond motifs is 1. The number of aromatic nitrogens is 3. The summed E-state index contributed by atoms with van der Waals surface area (Å²) in [6.45, 7) is 4.64. The van der Waals surface area contributed by atoms with Crippen molar-refractivity contribution in [3.05, 3.63) is 28.7 Å². The van der Waals surface area contributed by atoms with Crippen molar-refractivity contribution in [1.82, 2.24) is 19.5 Å². The van der Waals surface area contributed by atoms with Crippen molar-refractivity contribution in [2.75, 3.05) is 0 Å². The summed E-state index contributed by atoms with van der Waals surface area (Å²) in [6.07, 6.45) is 3.12. The van der Waals surface area contributed by atoms with Gasteiger partial charge in [-0.15, -0.1) is 11.3 Å². The van der Waals surface area contributed by atoms with E-state index in [9.17, 15) is 8.42 Å². The summed E-state index contributed by atoms with van der Waals surface area (Å²) in [6, 6.07) is 1.43. The largest absolute Gasteiger partial charge is 0.250 e. The van der Waals surface area contributed by atoms with Crippen LogP contribution in [0.1, 0.15) is 35.1 Å². The van der Waals surface area contributed by atoms with E-state index in [1.807, 2.05) is 13.8 Å². The van der Waals surface area contributed by atoms with Gasteiger partial charge in [-0.05, 0) is 38.3 Å². The number of hydrogen-bond donors (Lipinski definition) is 1. The van der Waals surface area contributed by atoms with Crippen LogP contribution in [0, 0.1) is 13.8 Å². The summed E-state index contributed by atoms with van der Waals surface area (Å²) in [5.74, 6) is 0.699. The van der Waals surface area contributed by atoms with E-state index in [0.29, 0.717) is 10.0 Å². The molecular weight excluding hydrogens is 296 g/mol. The number of nitrogens with one attached hydrogen (secondary N) is 1. The van der Waals surface area contributed by atoms with E-state index in [1.54, 1.807) is 10.7 Å². The lowest BCUT2D eigenvalue weighted by molar-refractivity contribution is 0.400. The van der Waals surface area contributed by atoms with Crippen LogP contribution in [-0.2, 0) is 16.6 Å². The van der Waals surface area contributed by atoms with Gasteiger partial charge in [0.1, 0.15) is 16.4 Å². The highest BCUT2D eigenvalue weighted by atomic mass is 32.2. The molecule has 2 aromatic rings. The van der Waals surface area contributed by atoms with Crippen LogP contribution in [0.15, 0.2) is 16.6 Å². The number of hydrogen-bond acceptors (Lipinski definition) is 5. The number of nitrogens with zero attached hydrogens (tertiary/aromatic N) is 3. The van der Waals surface area contributed by atoms with Gasteiger partial charge in [0.2, 0.25) is 0 Å². The van der Waals surface area contributed by atoms with Crippen molar-refractivity contribution in [3.8, 4) is 0 Å². The molecule has 0 saturated carbocycles. The summed E-state index contributed by atoms with van der Waals surface area (Å²) in [5, 5.41) is 4.10. The highest BCUT2D eigenvalue weighted by Crippen LogP contribution is 2.28. The second-order valence-corrected chi connectivity index (χ2v) is 8.16. The third-order valence-electron chi connectivity index (χ3n) is 3.53. The van der Waals surface area contributed by atoms with E-state index in [-0.39, 0.29) is 6.04 Å². The Morgan fingerprint density at radius 2 is 2.25 bits per heavy atom. The van der Waals surface area contributed by atoms with Crippen molar-refractivity contribution in [1.29, 1.82) is 0 Å². The standard InChI is InChI=1S/C12H16N4O2S2/c1-8-6-11(19-9(8)2)20(17,18)15-10-4-3-5-16-12(10)13-7-14-16/h6-7,10,15H,3-5H2,1-2H3/t10-/m0/s1. The molecule has 0 unspecified atom stereocenters. The Bertz CT molecular complexity index is 713. The van der Waals surface area contributed by atoms with Gasteiger partial charge in [-0.2, -0.15) is 9.82 Å². The quantitative estimate of drug-likeness (QED) is 0.937. The zero-order chi connectivity index (χ0) is 14.3. The van der Waals surface area contributed by atoms with Crippen LogP contribution in [0.3, 0.4) is 0 Å². The summed E-state index contributed by atoms with van der Waals surface area (Å²) in [5.41, 5.74) is 1.00. The number of thiophene rings is 1. The van der Waals surface area contributed by atoms with E-state index in [1.165, 1.54) is 17.7 Å². The molecule has 3 rings (SSSR count). The normalized spacial score (nSPS) is 19.0. The molecule has 0 saturated heterocycles. The Kier molecular flexibility index (Phi) is 3.39. The van der Waals surface area contributed by atoms with Gasteiger partial charge in [0.25, 0.3) is 10.0 Å². The van der Waals surface area contributed by atoms with Gasteiger partial charge in [0.15, 0.2) is 0 Å². The third-order valence-corrected chi connectivity index (χ3v) is 6.62. The molecule has 0 amide bonds. The third kappa shape index (κ3) is 2.38. The molecule has 1 aliphatic rings. The minimum Gasteiger partial charge on any atom is -0.248 e. The number of aryl methyl sites for hydroxylation is 3. The summed E-state index contributed by atoms with van der Waals surface area (Å²) < 4.78 is 29.8. The Morgan fingerprint density at radius 1 is 1.45 bits per heavy atom. The Hall–Kier alpha value is -1.25. The highest BCUT2D eigenvalue weighted by Gasteiger charge is 2.28. The predicted octanol–water partition coefficient (Wildman–Crippen LogP) is 1.77. The minimum absolute atomic E-state index is 0.293. The second-order valence-electron chi connectivity index (χ2n) is 4.96. The molecule has 6 nitrogen and oxygen atoms in total. The number of sulfonamides is 1. The molecule has 3 heterocycles. The fourth-order valence-corrected chi connectivity index (χ4v) is 5.08. The van der Waals surface area contributed by atoms with Crippen molar-refractivity contribution in [2.45, 2.75) is 43.5 Å². The first-order chi connectivity index (χ1) is 9.47. The van der Waals surface area contributed by atoms with Crippen LogP contribution in [0.5, 0.6) is 0 Å². The Balaban J connectivity index is 1.88. The van der Waals surface area contributed by atoms with Gasteiger partial charge in [-0.25, -0.2) is 18.1 Å². The first-order valence-electron chi connectivity index (χ1n) is 6.44. The van der Waals surface area contributed by atoms with Gasteiger partial charge in [0, 0.05) is 11.4 Å². The molecule has 1 atom stereocenters. The van der Waals surface area contributed by atoms with E-state index in [2.05, 4.69) is 14.8 Å². The van der Waals surface area contributed by atoms with Crippen molar-refractivity contribution in [3.63, 3.8) is 0 Å². The smallest absolute Gasteiger partial charge is 0.248 e. The predicted molar refractivity (Wildman–Crippen MR) is 76.1 cm³/mol. The lowest BCUT2D eigenvalue weighted by atomic mass is 10.1. The molecule has 0 spiro atoms. The first kappa shape index (κ1) is 13.7. The van der Waals surface area contributed by atoms with Crippen molar-refractivity contribution >= 4 is 21.4 Å². The van der Waals surface area contributed by atoms with Crippen LogP contribution in [0.2, 0.25) is 0 Å². The molecule has 0 radical (unpaired) electrons. The maximum atomic E-state index is 12.4. The zero-order valence-corrected chi connectivity index (χ0v) is 13.0. The van der Waals surface area contributed by atoms with Crippen LogP contribution in [0.4, 0.5) is 0 Å². The van der Waals surface area contributed by atoms with Crippen molar-refractivity contribution in [2.24, 2.45) is 0 Å². The minimum atomic E-state index is -3.49. The summed E-state index contributed by atoms with van der Waals surface area (Å²) >= 11 is 1.30. The van der Waals surface area contributed by atoms with Crippen LogP contribution in [-0.4, -0.2) is 23.2 Å². The van der Waals surface area contributed by atoms with E-state index in [4.69, 9.17) is 0 Å². The molecule has 1 N–H and O–H groups in total. The van der Waals surface area contributed by atoms with Gasteiger partial charge in [0.05, 0.1) is 6.04 Å². The molecule has 0 aliphatic carbocycles. The van der Waals surface area contributed by atoms with Gasteiger partial charge in [-0.1, -0.05) is 0 Å². The lowest BCUT2D eigenvalue weighted by Crippen LogP contribution is -2.33. The van der Waals surface area contributed by atoms with E-state index >= 15 is 0 Å². The summed E-state index contributed by atoms with van der Waals surface area (Å²) in [4.78, 5) is 5.19. The topological polar surface area (TPSA) is 76.9 Å². The maximum Gasteiger partial charge on any atom is 0.250 e. The average Bonchev–Trinajstić information content (AvgIpc) is 2.98. The fourth-order valence-electron chi connectivity index (χ4n) is 2.32. The highest BCUT2D eigenvalue weighted by molar-refractivity contribution is 7.91. The molecule has 0 fully saturated rings. The molecular formula is C12H16N4O2S2. The van der Waals surface area contributed by atoms with E-state index in [0.717, 1.165) is 29.8 Å². The van der Waals surface area contributed by atoms with Gasteiger partial charge < -0.3 is 0 Å². The SMILES string of the molecule is Cc1cc(S(=O)(=O)N[C@H]2CCCn3ncnc32)sc1C. The fraction of sp³-hybridized carbons (Fsp3) is 0.500. The summed E-state index contributed by atoms with van der Waals surface area (Å²) in [7, 11) is -3.49. The second kappa shape index (κ2) is 4.94. The first-order valence-corrected chi connectivity index (χ1v) is 8.74. The molecule has 20 heavy (non-hydrogen) atoms.